The summed E-state index contributed by atoms with van der Waals surface area (Å²) in [6, 6.07) is 10.5. The fourth-order valence-electron chi connectivity index (χ4n) is 0.838. The molecule has 0 atom stereocenters. The molecule has 1 rings (SSSR count). The van der Waals surface area contributed by atoms with E-state index in [2.05, 4.69) is 72.7 Å². The van der Waals surface area contributed by atoms with Crippen molar-refractivity contribution in [1.82, 2.24) is 0 Å². The van der Waals surface area contributed by atoms with Gasteiger partial charge in [0.1, 0.15) is 0 Å². The molecule has 0 aromatic heterocycles. The lowest BCUT2D eigenvalue weighted by Crippen LogP contribution is -1.83. The van der Waals surface area contributed by atoms with E-state index in [0.29, 0.717) is 5.92 Å². The minimum absolute atomic E-state index is 0.659. The molecule has 0 aliphatic heterocycles. The third-order valence-electron chi connectivity index (χ3n) is 1.47. The second-order valence-corrected chi connectivity index (χ2v) is 5.00. The van der Waals surface area contributed by atoms with Crippen LogP contribution in [0.25, 0.3) is 0 Å². The highest BCUT2D eigenvalue weighted by Crippen LogP contribution is 2.11. The lowest BCUT2D eigenvalue weighted by Gasteiger charge is -2.01. The van der Waals surface area contributed by atoms with Gasteiger partial charge in [-0.1, -0.05) is 85.2 Å². The first-order chi connectivity index (χ1) is 7.45. The Kier molecular flexibility index (Phi) is 13.5. The SMILES string of the molecule is CC(C)C.CC(C)c1ccccc1.CCC. The standard InChI is InChI=1S/C9H12.C4H10.C3H8/c1-8(2)9-6-4-3-5-7-9;1-4(2)3;1-3-2/h3-8H,1-2H3;4H,1-3H3;3H2,1-2H3. The maximum absolute atomic E-state index is 2.20. The van der Waals surface area contributed by atoms with Gasteiger partial charge < -0.3 is 0 Å². The second kappa shape index (κ2) is 12.3. The first kappa shape index (κ1) is 17.6. The average molecular weight is 222 g/mol. The zero-order valence-electron chi connectivity index (χ0n) is 12.2. The molecular formula is C16H30. The summed E-state index contributed by atoms with van der Waals surface area (Å²) in [4.78, 5) is 0. The van der Waals surface area contributed by atoms with Crippen LogP contribution in [0.1, 0.15) is 66.4 Å². The zero-order chi connectivity index (χ0) is 13.0. The summed E-state index contributed by atoms with van der Waals surface area (Å²) in [5.74, 6) is 1.49. The first-order valence-electron chi connectivity index (χ1n) is 6.50. The number of hydrogen-bond donors (Lipinski definition) is 0. The van der Waals surface area contributed by atoms with E-state index < -0.39 is 0 Å². The molecule has 0 spiro atoms. The summed E-state index contributed by atoms with van der Waals surface area (Å²) in [5.41, 5.74) is 1.41. The Morgan fingerprint density at radius 2 is 1.12 bits per heavy atom. The van der Waals surface area contributed by atoms with Crippen LogP contribution in [-0.2, 0) is 0 Å². The molecule has 94 valence electrons. The lowest BCUT2D eigenvalue weighted by molar-refractivity contribution is 0.737. The van der Waals surface area contributed by atoms with Crippen molar-refractivity contribution < 1.29 is 0 Å². The summed E-state index contributed by atoms with van der Waals surface area (Å²) in [7, 11) is 0. The van der Waals surface area contributed by atoms with Crippen molar-refractivity contribution in [2.45, 2.75) is 60.8 Å². The van der Waals surface area contributed by atoms with Crippen molar-refractivity contribution >= 4 is 0 Å². The van der Waals surface area contributed by atoms with E-state index in [4.69, 9.17) is 0 Å². The minimum Gasteiger partial charge on any atom is -0.0656 e. The fourth-order valence-corrected chi connectivity index (χ4v) is 0.838. The summed E-state index contributed by atoms with van der Waals surface area (Å²) in [5, 5.41) is 0. The molecule has 0 unspecified atom stereocenters. The van der Waals surface area contributed by atoms with Gasteiger partial charge in [0.15, 0.2) is 0 Å². The van der Waals surface area contributed by atoms with Gasteiger partial charge in [-0.05, 0) is 17.4 Å². The molecule has 16 heavy (non-hydrogen) atoms. The molecule has 0 saturated heterocycles. The normalized spacial score (nSPS) is 9.06. The Morgan fingerprint density at radius 3 is 1.31 bits per heavy atom. The zero-order valence-corrected chi connectivity index (χ0v) is 12.2. The summed E-state index contributed by atoms with van der Waals surface area (Å²) in [6.07, 6.45) is 1.25. The van der Waals surface area contributed by atoms with Crippen molar-refractivity contribution in [3.8, 4) is 0 Å². The quantitative estimate of drug-likeness (QED) is 0.556. The van der Waals surface area contributed by atoms with Gasteiger partial charge in [0.05, 0.1) is 0 Å². The monoisotopic (exact) mass is 222 g/mol. The van der Waals surface area contributed by atoms with Gasteiger partial charge >= 0.3 is 0 Å². The van der Waals surface area contributed by atoms with E-state index in [1.54, 1.807) is 0 Å². The van der Waals surface area contributed by atoms with Crippen LogP contribution in [0.15, 0.2) is 30.3 Å². The third-order valence-corrected chi connectivity index (χ3v) is 1.47. The van der Waals surface area contributed by atoms with Gasteiger partial charge in [-0.15, -0.1) is 0 Å². The lowest BCUT2D eigenvalue weighted by atomic mass is 10.0. The van der Waals surface area contributed by atoms with Crippen molar-refractivity contribution in [1.29, 1.82) is 0 Å². The number of benzene rings is 1. The van der Waals surface area contributed by atoms with Crippen molar-refractivity contribution in [2.24, 2.45) is 5.92 Å². The van der Waals surface area contributed by atoms with Crippen molar-refractivity contribution in [3.63, 3.8) is 0 Å². The molecule has 1 aromatic rings. The smallest absolute Gasteiger partial charge is 0.0219 e. The highest BCUT2D eigenvalue weighted by Gasteiger charge is 1.93. The Bertz CT molecular complexity index is 206. The van der Waals surface area contributed by atoms with Crippen LogP contribution in [0.3, 0.4) is 0 Å². The van der Waals surface area contributed by atoms with Gasteiger partial charge in [0.2, 0.25) is 0 Å². The van der Waals surface area contributed by atoms with E-state index in [9.17, 15) is 0 Å². The van der Waals surface area contributed by atoms with Crippen LogP contribution in [-0.4, -0.2) is 0 Å². The van der Waals surface area contributed by atoms with E-state index in [1.807, 2.05) is 6.07 Å². The Balaban J connectivity index is 0. The molecule has 0 aliphatic carbocycles. The number of rotatable bonds is 1. The minimum atomic E-state index is 0.659. The predicted octanol–water partition coefficient (Wildman–Crippen LogP) is 5.89. The van der Waals surface area contributed by atoms with Crippen LogP contribution in [0.2, 0.25) is 0 Å². The van der Waals surface area contributed by atoms with Gasteiger partial charge in [-0.25, -0.2) is 0 Å². The maximum atomic E-state index is 2.20. The molecule has 1 aromatic carbocycles. The Hall–Kier alpha value is -0.780. The highest BCUT2D eigenvalue weighted by atomic mass is 14.0. The molecule has 0 fully saturated rings. The second-order valence-electron chi connectivity index (χ2n) is 5.00. The van der Waals surface area contributed by atoms with Gasteiger partial charge in [0.25, 0.3) is 0 Å². The van der Waals surface area contributed by atoms with E-state index in [-0.39, 0.29) is 0 Å². The van der Waals surface area contributed by atoms with E-state index in [0.717, 1.165) is 5.92 Å². The highest BCUT2D eigenvalue weighted by molar-refractivity contribution is 5.17. The molecule has 0 bridgehead atoms. The molecule has 0 radical (unpaired) electrons. The number of hydrogen-bond acceptors (Lipinski definition) is 0. The Morgan fingerprint density at radius 1 is 0.812 bits per heavy atom. The summed E-state index contributed by atoms with van der Waals surface area (Å²) >= 11 is 0. The van der Waals surface area contributed by atoms with Gasteiger partial charge in [-0.2, -0.15) is 0 Å². The van der Waals surface area contributed by atoms with Crippen LogP contribution < -0.4 is 0 Å². The van der Waals surface area contributed by atoms with Crippen molar-refractivity contribution in [2.75, 3.05) is 0 Å². The average Bonchev–Trinajstić information content (AvgIpc) is 2.19. The maximum Gasteiger partial charge on any atom is -0.0219 e. The summed E-state index contributed by atoms with van der Waals surface area (Å²) < 4.78 is 0. The molecule has 0 aliphatic rings. The molecule has 0 heteroatoms. The third kappa shape index (κ3) is 15.7. The molecule has 0 heterocycles. The van der Waals surface area contributed by atoms with Crippen molar-refractivity contribution in [3.05, 3.63) is 35.9 Å². The van der Waals surface area contributed by atoms with Crippen LogP contribution >= 0.6 is 0 Å². The molecule has 0 saturated carbocycles. The molecule has 0 nitrogen and oxygen atoms in total. The first-order valence-corrected chi connectivity index (χ1v) is 6.50. The topological polar surface area (TPSA) is 0 Å². The van der Waals surface area contributed by atoms with Gasteiger partial charge in [-0.3, -0.25) is 0 Å². The molecule has 0 N–H and O–H groups in total. The van der Waals surface area contributed by atoms with Crippen LogP contribution in [0.5, 0.6) is 0 Å². The Labute approximate surface area is 103 Å². The fraction of sp³-hybridized carbons (Fsp3) is 0.625. The van der Waals surface area contributed by atoms with Gasteiger partial charge in [0, 0.05) is 0 Å². The van der Waals surface area contributed by atoms with E-state index in [1.165, 1.54) is 12.0 Å². The largest absolute Gasteiger partial charge is 0.0656 e. The molecule has 0 amide bonds. The van der Waals surface area contributed by atoms with Crippen LogP contribution in [0, 0.1) is 5.92 Å². The van der Waals surface area contributed by atoms with E-state index >= 15 is 0 Å². The summed E-state index contributed by atoms with van der Waals surface area (Å²) in [6.45, 7) is 15.2. The van der Waals surface area contributed by atoms with Crippen LogP contribution in [0.4, 0.5) is 0 Å². The molecular weight excluding hydrogens is 192 g/mol. The predicted molar refractivity (Wildman–Crippen MR) is 77.0 cm³/mol.